The van der Waals surface area contributed by atoms with E-state index in [1.54, 1.807) is 36.4 Å². The topological polar surface area (TPSA) is 59.2 Å². The molecule has 0 aliphatic heterocycles. The molecule has 0 radical (unpaired) electrons. The third-order valence-corrected chi connectivity index (χ3v) is 4.84. The molecule has 4 aromatic rings. The fraction of sp³-hybridized carbons (Fsp3) is 0. The van der Waals surface area contributed by atoms with Crippen LogP contribution in [0.25, 0.3) is 27.9 Å². The Morgan fingerprint density at radius 1 is 0.846 bits per heavy atom. The normalized spacial score (nSPS) is 11.7. The summed E-state index contributed by atoms with van der Waals surface area (Å²) in [6.07, 6.45) is 1.55. The summed E-state index contributed by atoms with van der Waals surface area (Å²) in [5.41, 5.74) is 2.70. The fourth-order valence-electron chi connectivity index (χ4n) is 2.83. The zero-order valence-corrected chi connectivity index (χ0v) is 17.0. The van der Waals surface area contributed by atoms with E-state index >= 15 is 0 Å². The molecule has 0 spiro atoms. The SMILES string of the molecule is O=S(=O)(C=Cc1cccc2c1[nH]c1ccccc12)Oc1ccccc1.[H-].[Na+]. The molecular weight excluding hydrogens is 357 g/mol. The predicted molar refractivity (Wildman–Crippen MR) is 102 cm³/mol. The fourth-order valence-corrected chi connectivity index (χ4v) is 3.58. The van der Waals surface area contributed by atoms with Gasteiger partial charge in [-0.3, -0.25) is 0 Å². The number of H-pyrrole nitrogens is 1. The van der Waals surface area contributed by atoms with Crippen molar-refractivity contribution in [1.82, 2.24) is 4.98 Å². The number of rotatable bonds is 4. The molecule has 0 atom stereocenters. The summed E-state index contributed by atoms with van der Waals surface area (Å²) in [6.45, 7) is 0. The number of nitrogens with one attached hydrogen (secondary N) is 1. The van der Waals surface area contributed by atoms with Gasteiger partial charge in [0.15, 0.2) is 0 Å². The minimum absolute atomic E-state index is 0. The van der Waals surface area contributed by atoms with E-state index in [0.717, 1.165) is 32.8 Å². The van der Waals surface area contributed by atoms with Crippen molar-refractivity contribution in [3.63, 3.8) is 0 Å². The van der Waals surface area contributed by atoms with Crippen LogP contribution in [0.1, 0.15) is 6.99 Å². The van der Waals surface area contributed by atoms with Gasteiger partial charge in [0.1, 0.15) is 5.75 Å². The average Bonchev–Trinajstić information content (AvgIpc) is 3.00. The Labute approximate surface area is 175 Å². The van der Waals surface area contributed by atoms with Crippen molar-refractivity contribution in [2.45, 2.75) is 0 Å². The van der Waals surface area contributed by atoms with Gasteiger partial charge < -0.3 is 10.6 Å². The van der Waals surface area contributed by atoms with Crippen LogP contribution in [0.4, 0.5) is 0 Å². The Hall–Kier alpha value is -2.05. The van der Waals surface area contributed by atoms with Crippen LogP contribution in [0, 0.1) is 0 Å². The van der Waals surface area contributed by atoms with Crippen LogP contribution in [-0.2, 0) is 10.1 Å². The van der Waals surface area contributed by atoms with Gasteiger partial charge >= 0.3 is 39.7 Å². The molecule has 0 bridgehead atoms. The first-order valence-corrected chi connectivity index (χ1v) is 9.27. The van der Waals surface area contributed by atoms with Gasteiger partial charge in [0.2, 0.25) is 0 Å². The third-order valence-electron chi connectivity index (χ3n) is 3.94. The first-order valence-electron chi connectivity index (χ1n) is 7.79. The van der Waals surface area contributed by atoms with Crippen molar-refractivity contribution in [3.8, 4) is 5.75 Å². The molecular formula is C20H16NNaO3S. The molecule has 0 amide bonds. The summed E-state index contributed by atoms with van der Waals surface area (Å²) >= 11 is 0. The number of aromatic amines is 1. The van der Waals surface area contributed by atoms with E-state index in [1.165, 1.54) is 0 Å². The van der Waals surface area contributed by atoms with Crippen molar-refractivity contribution >= 4 is 38.0 Å². The van der Waals surface area contributed by atoms with E-state index in [1.807, 2.05) is 42.5 Å². The Morgan fingerprint density at radius 2 is 1.54 bits per heavy atom. The van der Waals surface area contributed by atoms with E-state index in [0.29, 0.717) is 0 Å². The number of para-hydroxylation sites is 3. The quantitative estimate of drug-likeness (QED) is 0.439. The van der Waals surface area contributed by atoms with Gasteiger partial charge in [-0.05, 0) is 29.8 Å². The summed E-state index contributed by atoms with van der Waals surface area (Å²) in [6, 6.07) is 22.2. The maximum Gasteiger partial charge on any atom is 1.00 e. The molecule has 4 nitrogen and oxygen atoms in total. The molecule has 1 aromatic heterocycles. The van der Waals surface area contributed by atoms with Crippen molar-refractivity contribution < 1.29 is 43.6 Å². The second-order valence-corrected chi connectivity index (χ2v) is 7.06. The second-order valence-electron chi connectivity index (χ2n) is 5.63. The van der Waals surface area contributed by atoms with Gasteiger partial charge in [-0.2, -0.15) is 8.42 Å². The Kier molecular flexibility index (Phi) is 5.53. The Morgan fingerprint density at radius 3 is 2.35 bits per heavy atom. The van der Waals surface area contributed by atoms with Crippen molar-refractivity contribution in [2.24, 2.45) is 0 Å². The summed E-state index contributed by atoms with van der Waals surface area (Å²) < 4.78 is 29.4. The van der Waals surface area contributed by atoms with Crippen molar-refractivity contribution in [1.29, 1.82) is 0 Å². The molecule has 4 rings (SSSR count). The first kappa shape index (κ1) is 18.7. The molecule has 0 aliphatic carbocycles. The summed E-state index contributed by atoms with van der Waals surface area (Å²) in [5.74, 6) is 0.288. The molecule has 0 unspecified atom stereocenters. The number of aromatic nitrogens is 1. The van der Waals surface area contributed by atoms with Gasteiger partial charge in [-0.1, -0.05) is 54.6 Å². The minimum atomic E-state index is -3.83. The van der Waals surface area contributed by atoms with Crippen molar-refractivity contribution in [3.05, 3.63) is 83.8 Å². The molecule has 0 fully saturated rings. The molecule has 0 saturated carbocycles. The molecule has 6 heteroatoms. The Bertz CT molecular complexity index is 1190. The second kappa shape index (κ2) is 7.68. The number of hydrogen-bond donors (Lipinski definition) is 1. The van der Waals surface area contributed by atoms with Crippen LogP contribution in [-0.4, -0.2) is 13.4 Å². The summed E-state index contributed by atoms with van der Waals surface area (Å²) in [5, 5.41) is 3.25. The number of benzene rings is 3. The van der Waals surface area contributed by atoms with E-state index < -0.39 is 10.1 Å². The zero-order valence-electron chi connectivity index (χ0n) is 15.2. The van der Waals surface area contributed by atoms with Gasteiger partial charge in [0.25, 0.3) is 0 Å². The summed E-state index contributed by atoms with van der Waals surface area (Å²) in [4.78, 5) is 3.35. The standard InChI is InChI=1S/C20H15NO3S.Na.H/c22-25(23,24-16-8-2-1-3-9-16)14-13-15-7-6-11-18-17-10-4-5-12-19(17)21-20(15)18;;/h1-14,21H;;/q;+1;-1. The average molecular weight is 373 g/mol. The van der Waals surface area contributed by atoms with Crippen LogP contribution in [0.2, 0.25) is 0 Å². The summed E-state index contributed by atoms with van der Waals surface area (Å²) in [7, 11) is -3.83. The predicted octanol–water partition coefficient (Wildman–Crippen LogP) is 1.82. The van der Waals surface area contributed by atoms with Crippen LogP contribution in [0.15, 0.2) is 78.2 Å². The van der Waals surface area contributed by atoms with Gasteiger partial charge in [-0.15, -0.1) is 0 Å². The molecule has 1 N–H and O–H groups in total. The molecule has 126 valence electrons. The van der Waals surface area contributed by atoms with Crippen LogP contribution in [0.5, 0.6) is 5.75 Å². The van der Waals surface area contributed by atoms with Gasteiger partial charge in [0, 0.05) is 16.3 Å². The van der Waals surface area contributed by atoms with Crippen LogP contribution < -0.4 is 33.7 Å². The smallest absolute Gasteiger partial charge is 1.00 e. The molecule has 3 aromatic carbocycles. The molecule has 1 heterocycles. The van der Waals surface area contributed by atoms with E-state index in [4.69, 9.17) is 4.18 Å². The van der Waals surface area contributed by atoms with Crippen molar-refractivity contribution in [2.75, 3.05) is 0 Å². The van der Waals surface area contributed by atoms with E-state index in [-0.39, 0.29) is 36.7 Å². The first-order chi connectivity index (χ1) is 12.1. The van der Waals surface area contributed by atoms with Gasteiger partial charge in [0.05, 0.1) is 10.9 Å². The maximum absolute atomic E-state index is 12.2. The van der Waals surface area contributed by atoms with Gasteiger partial charge in [-0.25, -0.2) is 0 Å². The monoisotopic (exact) mass is 373 g/mol. The largest absolute Gasteiger partial charge is 1.00 e. The number of hydrogen-bond acceptors (Lipinski definition) is 3. The zero-order chi connectivity index (χ0) is 17.3. The minimum Gasteiger partial charge on any atom is -1.00 e. The molecule has 0 saturated heterocycles. The maximum atomic E-state index is 12.2. The van der Waals surface area contributed by atoms with E-state index in [9.17, 15) is 8.42 Å². The Balaban J connectivity index is 0.00000131. The third kappa shape index (κ3) is 3.86. The van der Waals surface area contributed by atoms with Crippen LogP contribution in [0.3, 0.4) is 0 Å². The molecule has 0 aliphatic rings. The van der Waals surface area contributed by atoms with E-state index in [2.05, 4.69) is 4.98 Å². The number of fused-ring (bicyclic) bond motifs is 3. The molecule has 26 heavy (non-hydrogen) atoms. The van der Waals surface area contributed by atoms with Crippen LogP contribution >= 0.6 is 0 Å².